The van der Waals surface area contributed by atoms with Crippen LogP contribution in [0.5, 0.6) is 0 Å². The fraction of sp³-hybridized carbons (Fsp3) is 0.500. The number of carbonyl (C=O) groups is 1. The van der Waals surface area contributed by atoms with Crippen molar-refractivity contribution in [1.29, 1.82) is 0 Å². The van der Waals surface area contributed by atoms with Crippen molar-refractivity contribution >= 4 is 13.6 Å². The van der Waals surface area contributed by atoms with Crippen LogP contribution >= 0.6 is 7.60 Å². The van der Waals surface area contributed by atoms with E-state index in [9.17, 15) is 19.4 Å². The summed E-state index contributed by atoms with van der Waals surface area (Å²) in [5.41, 5.74) is 0. The second-order valence-electron chi connectivity index (χ2n) is 1.26. The molecule has 0 bridgehead atoms. The van der Waals surface area contributed by atoms with Crippen LogP contribution in [0.2, 0.25) is 0 Å². The third-order valence-electron chi connectivity index (χ3n) is 0.520. The second kappa shape index (κ2) is 8.19. The Morgan fingerprint density at radius 1 is 1.45 bits per heavy atom. The maximum absolute atomic E-state index is 9.69. The SMILES string of the molecule is O=C([O-])C(O)P(=O)([O-])O.[K+].[K+]. The van der Waals surface area contributed by atoms with Crippen LogP contribution < -0.4 is 113 Å². The van der Waals surface area contributed by atoms with Crippen LogP contribution in [0.15, 0.2) is 0 Å². The molecule has 0 aromatic rings. The zero-order valence-electron chi connectivity index (χ0n) is 6.05. The Hall–Kier alpha value is 2.85. The van der Waals surface area contributed by atoms with Crippen LogP contribution in [0.1, 0.15) is 0 Å². The Morgan fingerprint density at radius 2 is 1.73 bits per heavy atom. The van der Waals surface area contributed by atoms with Crippen LogP contribution in [-0.2, 0) is 9.36 Å². The Balaban J connectivity index is -0.000000320. The number of aliphatic hydroxyl groups is 1. The van der Waals surface area contributed by atoms with E-state index in [0.717, 1.165) is 0 Å². The molecule has 0 aromatic carbocycles. The Morgan fingerprint density at radius 3 is 1.73 bits per heavy atom. The van der Waals surface area contributed by atoms with Crippen molar-refractivity contribution < 1.29 is 132 Å². The summed E-state index contributed by atoms with van der Waals surface area (Å²) in [7, 11) is -5.17. The summed E-state index contributed by atoms with van der Waals surface area (Å²) >= 11 is 0. The number of aliphatic hydroxyl groups excluding tert-OH is 1. The van der Waals surface area contributed by atoms with Crippen molar-refractivity contribution in [1.82, 2.24) is 0 Å². The molecule has 54 valence electrons. The average molecular weight is 232 g/mol. The predicted octanol–water partition coefficient (Wildman–Crippen LogP) is -9.39. The van der Waals surface area contributed by atoms with E-state index in [-0.39, 0.29) is 103 Å². The molecule has 0 fully saturated rings. The van der Waals surface area contributed by atoms with Gasteiger partial charge in [-0.15, -0.1) is 0 Å². The third-order valence-corrected chi connectivity index (χ3v) is 1.35. The molecule has 0 heterocycles. The Bertz CT molecular complexity index is 164. The van der Waals surface area contributed by atoms with Gasteiger partial charge in [-0.3, -0.25) is 0 Å². The molecule has 0 aromatic heterocycles. The smallest absolute Gasteiger partial charge is 0.777 e. The summed E-state index contributed by atoms with van der Waals surface area (Å²) in [4.78, 5) is 26.9. The normalized spacial score (nSPS) is 16.6. The van der Waals surface area contributed by atoms with Gasteiger partial charge in [0.1, 0.15) is 0 Å². The third kappa shape index (κ3) is 9.16. The largest absolute Gasteiger partial charge is 1.00 e. The molecule has 0 aliphatic heterocycles. The van der Waals surface area contributed by atoms with Gasteiger partial charge in [0, 0.05) is 0 Å². The summed E-state index contributed by atoms with van der Waals surface area (Å²) in [6.45, 7) is 0. The maximum Gasteiger partial charge on any atom is 1.00 e. The number of hydrogen-bond acceptors (Lipinski definition) is 5. The molecule has 2 unspecified atom stereocenters. The first-order valence-corrected chi connectivity index (χ1v) is 3.43. The molecule has 0 amide bonds. The molecule has 0 rings (SSSR count). The molecule has 0 saturated carbocycles. The van der Waals surface area contributed by atoms with Gasteiger partial charge in [-0.2, -0.15) is 0 Å². The number of aliphatic carboxylic acids is 1. The first kappa shape index (κ1) is 19.4. The Labute approximate surface area is 148 Å². The van der Waals surface area contributed by atoms with Gasteiger partial charge in [0.2, 0.25) is 0 Å². The van der Waals surface area contributed by atoms with Crippen LogP contribution in [0.4, 0.5) is 0 Å². The first-order valence-electron chi connectivity index (χ1n) is 1.78. The van der Waals surface area contributed by atoms with Gasteiger partial charge in [-0.25, -0.2) is 0 Å². The molecular formula is C2H3K2O6P. The van der Waals surface area contributed by atoms with Gasteiger partial charge in [-0.05, 0) is 0 Å². The summed E-state index contributed by atoms with van der Waals surface area (Å²) in [6, 6.07) is 0. The van der Waals surface area contributed by atoms with Crippen molar-refractivity contribution in [3.8, 4) is 0 Å². The van der Waals surface area contributed by atoms with Gasteiger partial charge in [0.25, 0.3) is 0 Å². The molecule has 0 aliphatic carbocycles. The van der Waals surface area contributed by atoms with Crippen LogP contribution in [-0.4, -0.2) is 21.8 Å². The van der Waals surface area contributed by atoms with Gasteiger partial charge in [0.05, 0.1) is 5.97 Å². The van der Waals surface area contributed by atoms with Crippen molar-refractivity contribution in [3.05, 3.63) is 0 Å². The minimum atomic E-state index is -5.17. The van der Waals surface area contributed by atoms with E-state index in [2.05, 4.69) is 0 Å². The van der Waals surface area contributed by atoms with Crippen molar-refractivity contribution in [2.75, 3.05) is 0 Å². The van der Waals surface area contributed by atoms with Crippen LogP contribution in [0, 0.1) is 0 Å². The maximum atomic E-state index is 9.69. The minimum Gasteiger partial charge on any atom is -0.777 e. The Kier molecular flexibility index (Phi) is 14.5. The molecule has 9 heteroatoms. The molecule has 11 heavy (non-hydrogen) atoms. The van der Waals surface area contributed by atoms with E-state index in [0.29, 0.717) is 0 Å². The molecule has 6 nitrogen and oxygen atoms in total. The second-order valence-corrected chi connectivity index (χ2v) is 2.87. The van der Waals surface area contributed by atoms with E-state index < -0.39 is 19.4 Å². The summed E-state index contributed by atoms with van der Waals surface area (Å²) in [6.07, 6.45) is 0. The number of carboxylic acid groups (broad SMARTS) is 1. The summed E-state index contributed by atoms with van der Waals surface area (Å²) in [5, 5.41) is 17.4. The quantitative estimate of drug-likeness (QED) is 0.360. The standard InChI is InChI=1S/C2H5O6P.2K/c3-1(4)2(5)9(6,7)8;;/h2,5H,(H,3,4)(H2,6,7,8);;/q;2*+1/p-2. The zero-order chi connectivity index (χ0) is 7.65. The number of carbonyl (C=O) groups excluding carboxylic acids is 1. The van der Waals surface area contributed by atoms with Gasteiger partial charge < -0.3 is 29.4 Å². The minimum absolute atomic E-state index is 0. The fourth-order valence-corrected chi connectivity index (χ4v) is 0.400. The van der Waals surface area contributed by atoms with Crippen LogP contribution in [0.3, 0.4) is 0 Å². The van der Waals surface area contributed by atoms with Crippen molar-refractivity contribution in [2.24, 2.45) is 0 Å². The van der Waals surface area contributed by atoms with Gasteiger partial charge in [0.15, 0.2) is 13.4 Å². The fourth-order valence-electron chi connectivity index (χ4n) is 0.133. The zero-order valence-corrected chi connectivity index (χ0v) is 13.2. The average Bonchev–Trinajstić information content (AvgIpc) is 1.62. The molecule has 2 N–H and O–H groups in total. The van der Waals surface area contributed by atoms with E-state index in [1.54, 1.807) is 0 Å². The van der Waals surface area contributed by atoms with E-state index in [1.165, 1.54) is 0 Å². The topological polar surface area (TPSA) is 121 Å². The molecule has 0 saturated heterocycles. The van der Waals surface area contributed by atoms with Crippen LogP contribution in [0.25, 0.3) is 0 Å². The van der Waals surface area contributed by atoms with Gasteiger partial charge in [-0.1, -0.05) is 0 Å². The van der Waals surface area contributed by atoms with Crippen molar-refractivity contribution in [2.45, 2.75) is 5.85 Å². The van der Waals surface area contributed by atoms with E-state index in [4.69, 9.17) is 10.00 Å². The molecule has 0 aliphatic rings. The monoisotopic (exact) mass is 232 g/mol. The number of carboxylic acids is 1. The molecule has 0 spiro atoms. The van der Waals surface area contributed by atoms with E-state index in [1.807, 2.05) is 0 Å². The molecule has 0 radical (unpaired) electrons. The number of rotatable bonds is 2. The van der Waals surface area contributed by atoms with Gasteiger partial charge >= 0.3 is 103 Å². The van der Waals surface area contributed by atoms with E-state index >= 15 is 0 Å². The predicted molar refractivity (Wildman–Crippen MR) is 20.8 cm³/mol. The summed E-state index contributed by atoms with van der Waals surface area (Å²) in [5.74, 6) is -5.06. The van der Waals surface area contributed by atoms with Crippen molar-refractivity contribution in [3.63, 3.8) is 0 Å². The molecular weight excluding hydrogens is 229 g/mol. The summed E-state index contributed by atoms with van der Waals surface area (Å²) < 4.78 is 9.69. The molecule has 2 atom stereocenters. The number of hydrogen-bond donors (Lipinski definition) is 2. The first-order chi connectivity index (χ1) is 3.85.